The Balaban J connectivity index is 2.21. The van der Waals surface area contributed by atoms with Crippen molar-refractivity contribution in [2.45, 2.75) is 37.8 Å². The maximum atomic E-state index is 12.8. The second-order valence-electron chi connectivity index (χ2n) is 6.55. The number of sulfone groups is 1. The van der Waals surface area contributed by atoms with Crippen LogP contribution in [0.4, 0.5) is 0 Å². The number of aryl methyl sites for hydroxylation is 1. The molecule has 0 aliphatic carbocycles. The van der Waals surface area contributed by atoms with Crippen LogP contribution in [0, 0.1) is 12.8 Å². The number of sulfonamides is 1. The quantitative estimate of drug-likeness (QED) is 0.726. The molecule has 1 aliphatic heterocycles. The lowest BCUT2D eigenvalue weighted by Crippen LogP contribution is -2.57. The Morgan fingerprint density at radius 1 is 1.21 bits per heavy atom. The van der Waals surface area contributed by atoms with E-state index >= 15 is 0 Å². The summed E-state index contributed by atoms with van der Waals surface area (Å²) in [5.74, 6) is 0.416. The second-order valence-corrected chi connectivity index (χ2v) is 10.8. The Morgan fingerprint density at radius 2 is 1.83 bits per heavy atom. The van der Waals surface area contributed by atoms with Crippen LogP contribution in [-0.2, 0) is 19.9 Å². The van der Waals surface area contributed by atoms with Crippen molar-refractivity contribution in [1.29, 1.82) is 0 Å². The van der Waals surface area contributed by atoms with Gasteiger partial charge in [-0.3, -0.25) is 0 Å². The van der Waals surface area contributed by atoms with Crippen LogP contribution in [0.25, 0.3) is 0 Å². The van der Waals surface area contributed by atoms with E-state index in [1.165, 1.54) is 4.31 Å². The van der Waals surface area contributed by atoms with Gasteiger partial charge >= 0.3 is 0 Å². The van der Waals surface area contributed by atoms with E-state index in [-0.39, 0.29) is 29.7 Å². The van der Waals surface area contributed by atoms with Crippen LogP contribution in [-0.4, -0.2) is 51.8 Å². The molecule has 2 rings (SSSR count). The fraction of sp³-hybridized carbons (Fsp3) is 0.625. The molecule has 24 heavy (non-hydrogen) atoms. The summed E-state index contributed by atoms with van der Waals surface area (Å²) in [5, 5.41) is -0.616. The highest BCUT2D eigenvalue weighted by atomic mass is 32.2. The summed E-state index contributed by atoms with van der Waals surface area (Å²) in [6.07, 6.45) is 0. The predicted octanol–water partition coefficient (Wildman–Crippen LogP) is 1.84. The van der Waals surface area contributed by atoms with Gasteiger partial charge in [0, 0.05) is 13.1 Å². The number of benzene rings is 1. The summed E-state index contributed by atoms with van der Waals surface area (Å²) in [7, 11) is -7.02. The zero-order valence-electron chi connectivity index (χ0n) is 14.5. The highest BCUT2D eigenvalue weighted by molar-refractivity contribution is 7.92. The molecule has 1 heterocycles. The van der Waals surface area contributed by atoms with Crippen molar-refractivity contribution < 1.29 is 21.6 Å². The molecule has 8 heteroatoms. The second kappa shape index (κ2) is 7.01. The number of hydrogen-bond donors (Lipinski definition) is 0. The summed E-state index contributed by atoms with van der Waals surface area (Å²) < 4.78 is 56.7. The Bertz CT molecular complexity index is 794. The van der Waals surface area contributed by atoms with Gasteiger partial charge < -0.3 is 4.74 Å². The molecule has 0 N–H and O–H groups in total. The van der Waals surface area contributed by atoms with E-state index in [4.69, 9.17) is 4.74 Å². The summed E-state index contributed by atoms with van der Waals surface area (Å²) in [6, 6.07) is 4.99. The molecule has 1 aromatic carbocycles. The van der Waals surface area contributed by atoms with Crippen LogP contribution >= 0.6 is 0 Å². The largest absolute Gasteiger partial charge is 0.492 e. The standard InChI is InChI=1S/C16H25NO5S2/c1-5-22-15-7-6-13(4)8-16(15)24(20,21)17-9-14(10-17)23(18,19)11-12(2)3/h6-8,12,14H,5,9-11H2,1-4H3. The first-order chi connectivity index (χ1) is 11.1. The lowest BCUT2D eigenvalue weighted by molar-refractivity contribution is 0.302. The van der Waals surface area contributed by atoms with Crippen molar-refractivity contribution in [1.82, 2.24) is 4.31 Å². The maximum Gasteiger partial charge on any atom is 0.246 e. The number of ether oxygens (including phenoxy) is 1. The summed E-state index contributed by atoms with van der Waals surface area (Å²) in [6.45, 7) is 7.65. The zero-order valence-corrected chi connectivity index (χ0v) is 16.2. The molecule has 0 aromatic heterocycles. The lowest BCUT2D eigenvalue weighted by atomic mass is 10.2. The Labute approximate surface area is 144 Å². The first kappa shape index (κ1) is 19.2. The fourth-order valence-corrected chi connectivity index (χ4v) is 6.61. The molecule has 1 aromatic rings. The van der Waals surface area contributed by atoms with E-state index in [2.05, 4.69) is 0 Å². The maximum absolute atomic E-state index is 12.8. The van der Waals surface area contributed by atoms with E-state index in [1.807, 2.05) is 13.8 Å². The van der Waals surface area contributed by atoms with Crippen molar-refractivity contribution in [2.75, 3.05) is 25.4 Å². The average molecular weight is 376 g/mol. The van der Waals surface area contributed by atoms with Crippen LogP contribution in [0.1, 0.15) is 26.3 Å². The molecule has 0 amide bonds. The van der Waals surface area contributed by atoms with Crippen molar-refractivity contribution in [3.63, 3.8) is 0 Å². The molecule has 0 bridgehead atoms. The van der Waals surface area contributed by atoms with Crippen LogP contribution in [0.3, 0.4) is 0 Å². The van der Waals surface area contributed by atoms with Gasteiger partial charge in [-0.25, -0.2) is 16.8 Å². The molecular formula is C16H25NO5S2. The third-order valence-electron chi connectivity index (χ3n) is 3.90. The molecule has 0 spiro atoms. The normalized spacial score (nSPS) is 17.0. The van der Waals surface area contributed by atoms with E-state index in [9.17, 15) is 16.8 Å². The molecule has 0 radical (unpaired) electrons. The third-order valence-corrected chi connectivity index (χ3v) is 8.20. The van der Waals surface area contributed by atoms with Crippen molar-refractivity contribution >= 4 is 19.9 Å². The highest BCUT2D eigenvalue weighted by Crippen LogP contribution is 2.32. The molecule has 0 saturated carbocycles. The highest BCUT2D eigenvalue weighted by Gasteiger charge is 2.44. The Hall–Kier alpha value is -1.12. The molecule has 0 atom stereocenters. The summed E-state index contributed by atoms with van der Waals surface area (Å²) in [5.41, 5.74) is 0.807. The average Bonchev–Trinajstić information content (AvgIpc) is 2.36. The van der Waals surface area contributed by atoms with Gasteiger partial charge in [-0.05, 0) is 37.5 Å². The van der Waals surface area contributed by atoms with Gasteiger partial charge in [0.25, 0.3) is 0 Å². The molecule has 0 unspecified atom stereocenters. The summed E-state index contributed by atoms with van der Waals surface area (Å²) in [4.78, 5) is 0.101. The lowest BCUT2D eigenvalue weighted by Gasteiger charge is -2.38. The monoisotopic (exact) mass is 375 g/mol. The minimum atomic E-state index is -3.76. The molecular weight excluding hydrogens is 350 g/mol. The topological polar surface area (TPSA) is 80.8 Å². The van der Waals surface area contributed by atoms with Gasteiger partial charge in [0.2, 0.25) is 10.0 Å². The van der Waals surface area contributed by atoms with E-state index in [1.54, 1.807) is 32.0 Å². The van der Waals surface area contributed by atoms with E-state index < -0.39 is 25.1 Å². The zero-order chi connectivity index (χ0) is 18.1. The van der Waals surface area contributed by atoms with Gasteiger partial charge in [-0.15, -0.1) is 0 Å². The minimum Gasteiger partial charge on any atom is -0.492 e. The van der Waals surface area contributed by atoms with Gasteiger partial charge in [-0.1, -0.05) is 19.9 Å². The van der Waals surface area contributed by atoms with Crippen molar-refractivity contribution in [2.24, 2.45) is 5.92 Å². The van der Waals surface area contributed by atoms with E-state index in [0.717, 1.165) is 5.56 Å². The predicted molar refractivity (Wildman–Crippen MR) is 93.5 cm³/mol. The molecule has 136 valence electrons. The number of nitrogens with zero attached hydrogens (tertiary/aromatic N) is 1. The van der Waals surface area contributed by atoms with Gasteiger partial charge in [0.05, 0.1) is 17.6 Å². The first-order valence-electron chi connectivity index (χ1n) is 8.03. The number of rotatable bonds is 7. The summed E-state index contributed by atoms with van der Waals surface area (Å²) >= 11 is 0. The Kier molecular flexibility index (Phi) is 5.61. The number of hydrogen-bond acceptors (Lipinski definition) is 5. The minimum absolute atomic E-state index is 0.0108. The van der Waals surface area contributed by atoms with Crippen LogP contribution in [0.15, 0.2) is 23.1 Å². The van der Waals surface area contributed by atoms with Crippen LogP contribution in [0.2, 0.25) is 0 Å². The van der Waals surface area contributed by atoms with Crippen molar-refractivity contribution in [3.05, 3.63) is 23.8 Å². The third kappa shape index (κ3) is 3.92. The first-order valence-corrected chi connectivity index (χ1v) is 11.2. The SMILES string of the molecule is CCOc1ccc(C)cc1S(=O)(=O)N1CC(S(=O)(=O)CC(C)C)C1. The van der Waals surface area contributed by atoms with Crippen LogP contribution in [0.5, 0.6) is 5.75 Å². The smallest absolute Gasteiger partial charge is 0.246 e. The molecule has 1 saturated heterocycles. The van der Waals surface area contributed by atoms with E-state index in [0.29, 0.717) is 12.4 Å². The molecule has 1 aliphatic rings. The van der Waals surface area contributed by atoms with Gasteiger partial charge in [0.1, 0.15) is 10.6 Å². The van der Waals surface area contributed by atoms with Crippen molar-refractivity contribution in [3.8, 4) is 5.75 Å². The Morgan fingerprint density at radius 3 is 2.38 bits per heavy atom. The van der Waals surface area contributed by atoms with Gasteiger partial charge in [0.15, 0.2) is 9.84 Å². The molecule has 6 nitrogen and oxygen atoms in total. The fourth-order valence-electron chi connectivity index (χ4n) is 2.66. The van der Waals surface area contributed by atoms with Gasteiger partial charge in [-0.2, -0.15) is 4.31 Å². The molecule has 1 fully saturated rings. The van der Waals surface area contributed by atoms with Crippen LogP contribution < -0.4 is 4.74 Å².